The first-order valence-corrected chi connectivity index (χ1v) is 11.2. The Bertz CT molecular complexity index is 1140. The number of para-hydroxylation sites is 1. The maximum absolute atomic E-state index is 12.6. The number of amides is 1. The lowest BCUT2D eigenvalue weighted by Gasteiger charge is -2.25. The average molecular weight is 481 g/mol. The fourth-order valence-electron chi connectivity index (χ4n) is 3.00. The van der Waals surface area contributed by atoms with Crippen molar-refractivity contribution in [2.45, 2.75) is 26.0 Å². The average Bonchev–Trinajstić information content (AvgIpc) is 3.18. The Hall–Kier alpha value is -2.70. The molecule has 0 spiro atoms. The molecular formula is C24H21BrN2O2S. The van der Waals surface area contributed by atoms with Gasteiger partial charge in [-0.2, -0.15) is 0 Å². The molecule has 1 heterocycles. The number of hydrogen-bond donors (Lipinski definition) is 1. The van der Waals surface area contributed by atoms with Crippen LogP contribution in [0, 0.1) is 0 Å². The van der Waals surface area contributed by atoms with Gasteiger partial charge in [0.05, 0.1) is 10.2 Å². The second-order valence-corrected chi connectivity index (χ2v) is 9.38. The van der Waals surface area contributed by atoms with E-state index in [1.165, 1.54) is 4.70 Å². The van der Waals surface area contributed by atoms with E-state index in [1.54, 1.807) is 25.2 Å². The molecule has 0 aliphatic rings. The highest BCUT2D eigenvalue weighted by Gasteiger charge is 2.29. The minimum atomic E-state index is -0.977. The number of nitrogens with zero attached hydrogens (tertiary/aromatic N) is 1. The van der Waals surface area contributed by atoms with E-state index < -0.39 is 5.60 Å². The lowest BCUT2D eigenvalue weighted by atomic mass is 10.1. The summed E-state index contributed by atoms with van der Waals surface area (Å²) in [5.74, 6) is 0.485. The Morgan fingerprint density at radius 3 is 2.43 bits per heavy atom. The molecule has 30 heavy (non-hydrogen) atoms. The van der Waals surface area contributed by atoms with Gasteiger partial charge in [0.15, 0.2) is 5.60 Å². The SMILES string of the molecule is CC(C)(Oc1ccc(Br)cc1)C(=O)NCc1ccc(-c2nc3ccccc3s2)cc1. The molecule has 0 saturated heterocycles. The van der Waals surface area contributed by atoms with Crippen molar-refractivity contribution < 1.29 is 9.53 Å². The zero-order valence-corrected chi connectivity index (χ0v) is 19.1. The first-order valence-electron chi connectivity index (χ1n) is 9.58. The fourth-order valence-corrected chi connectivity index (χ4v) is 4.24. The van der Waals surface area contributed by atoms with Crippen LogP contribution in [0.1, 0.15) is 19.4 Å². The van der Waals surface area contributed by atoms with E-state index >= 15 is 0 Å². The van der Waals surface area contributed by atoms with Gasteiger partial charge in [0.1, 0.15) is 10.8 Å². The third-order valence-electron chi connectivity index (χ3n) is 4.68. The maximum atomic E-state index is 12.6. The van der Waals surface area contributed by atoms with E-state index in [1.807, 2.05) is 66.7 Å². The highest BCUT2D eigenvalue weighted by Crippen LogP contribution is 2.30. The summed E-state index contributed by atoms with van der Waals surface area (Å²) in [5, 5.41) is 3.96. The van der Waals surface area contributed by atoms with Gasteiger partial charge in [-0.3, -0.25) is 4.79 Å². The van der Waals surface area contributed by atoms with Gasteiger partial charge >= 0.3 is 0 Å². The first-order chi connectivity index (χ1) is 14.4. The van der Waals surface area contributed by atoms with E-state index in [4.69, 9.17) is 9.72 Å². The van der Waals surface area contributed by atoms with Gasteiger partial charge in [-0.15, -0.1) is 11.3 Å². The predicted molar refractivity (Wildman–Crippen MR) is 126 cm³/mol. The van der Waals surface area contributed by atoms with Gasteiger partial charge in [0, 0.05) is 16.6 Å². The number of hydrogen-bond acceptors (Lipinski definition) is 4. The zero-order chi connectivity index (χ0) is 21.1. The van der Waals surface area contributed by atoms with Gasteiger partial charge in [-0.25, -0.2) is 4.98 Å². The summed E-state index contributed by atoms with van der Waals surface area (Å²) in [7, 11) is 0. The Balaban J connectivity index is 1.38. The predicted octanol–water partition coefficient (Wildman–Crippen LogP) is 6.20. The van der Waals surface area contributed by atoms with Crippen molar-refractivity contribution in [3.63, 3.8) is 0 Å². The molecule has 0 radical (unpaired) electrons. The van der Waals surface area contributed by atoms with Gasteiger partial charge in [0.25, 0.3) is 5.91 Å². The molecule has 1 N–H and O–H groups in total. The van der Waals surface area contributed by atoms with Crippen LogP contribution >= 0.6 is 27.3 Å². The van der Waals surface area contributed by atoms with Crippen LogP contribution in [0.25, 0.3) is 20.8 Å². The number of carbonyl (C=O) groups excluding carboxylic acids is 1. The van der Waals surface area contributed by atoms with Crippen LogP contribution in [-0.4, -0.2) is 16.5 Å². The van der Waals surface area contributed by atoms with Gasteiger partial charge in [0.2, 0.25) is 0 Å². The molecule has 3 aromatic carbocycles. The topological polar surface area (TPSA) is 51.2 Å². The van der Waals surface area contributed by atoms with Crippen molar-refractivity contribution in [3.8, 4) is 16.3 Å². The van der Waals surface area contributed by atoms with Crippen molar-refractivity contribution >= 4 is 43.4 Å². The Morgan fingerprint density at radius 1 is 1.03 bits per heavy atom. The molecule has 0 saturated carbocycles. The Kier molecular flexibility index (Phi) is 5.88. The number of benzene rings is 3. The van der Waals surface area contributed by atoms with Gasteiger partial charge in [-0.1, -0.05) is 52.3 Å². The van der Waals surface area contributed by atoms with Crippen LogP contribution in [-0.2, 0) is 11.3 Å². The molecule has 152 valence electrons. The normalized spacial score (nSPS) is 11.4. The van der Waals surface area contributed by atoms with Crippen molar-refractivity contribution in [1.29, 1.82) is 0 Å². The summed E-state index contributed by atoms with van der Waals surface area (Å²) in [6, 6.07) is 23.7. The number of thiazole rings is 1. The van der Waals surface area contributed by atoms with Crippen molar-refractivity contribution in [1.82, 2.24) is 10.3 Å². The van der Waals surface area contributed by atoms with E-state index in [0.717, 1.165) is 26.1 Å². The molecule has 4 aromatic rings. The van der Waals surface area contributed by atoms with E-state index in [0.29, 0.717) is 12.3 Å². The molecule has 6 heteroatoms. The third kappa shape index (κ3) is 4.71. The molecule has 4 rings (SSSR count). The lowest BCUT2D eigenvalue weighted by Crippen LogP contribution is -2.46. The minimum absolute atomic E-state index is 0.166. The number of nitrogens with one attached hydrogen (secondary N) is 1. The highest BCUT2D eigenvalue weighted by atomic mass is 79.9. The van der Waals surface area contributed by atoms with Crippen LogP contribution < -0.4 is 10.1 Å². The molecule has 0 aliphatic heterocycles. The number of halogens is 1. The van der Waals surface area contributed by atoms with Crippen LogP contribution in [0.2, 0.25) is 0 Å². The van der Waals surface area contributed by atoms with Gasteiger partial charge in [-0.05, 0) is 55.8 Å². The van der Waals surface area contributed by atoms with E-state index in [9.17, 15) is 4.79 Å². The second kappa shape index (κ2) is 8.58. The van der Waals surface area contributed by atoms with Crippen molar-refractivity contribution in [2.24, 2.45) is 0 Å². The quantitative estimate of drug-likeness (QED) is 0.357. The summed E-state index contributed by atoms with van der Waals surface area (Å²) >= 11 is 5.07. The third-order valence-corrected chi connectivity index (χ3v) is 6.30. The smallest absolute Gasteiger partial charge is 0.263 e. The highest BCUT2D eigenvalue weighted by molar-refractivity contribution is 9.10. The molecule has 1 aromatic heterocycles. The van der Waals surface area contributed by atoms with Crippen LogP contribution in [0.5, 0.6) is 5.75 Å². The molecule has 4 nitrogen and oxygen atoms in total. The largest absolute Gasteiger partial charge is 0.478 e. The Morgan fingerprint density at radius 2 is 1.73 bits per heavy atom. The number of rotatable bonds is 6. The molecule has 0 atom stereocenters. The molecule has 0 unspecified atom stereocenters. The standard InChI is InChI=1S/C24H21BrN2O2S/c1-24(2,29-19-13-11-18(25)12-14-19)23(28)26-15-16-7-9-17(10-8-16)22-27-20-5-3-4-6-21(20)30-22/h3-14H,15H2,1-2H3,(H,26,28). The number of fused-ring (bicyclic) bond motifs is 1. The number of aromatic nitrogens is 1. The molecule has 0 fully saturated rings. The molecule has 0 bridgehead atoms. The summed E-state index contributed by atoms with van der Waals surface area (Å²) in [5.41, 5.74) is 2.13. The van der Waals surface area contributed by atoms with Crippen LogP contribution in [0.15, 0.2) is 77.3 Å². The first kappa shape index (κ1) is 20.6. The van der Waals surface area contributed by atoms with Crippen molar-refractivity contribution in [2.75, 3.05) is 0 Å². The molecular weight excluding hydrogens is 460 g/mol. The summed E-state index contributed by atoms with van der Waals surface area (Å²) in [6.45, 7) is 3.97. The monoisotopic (exact) mass is 480 g/mol. The molecule has 0 aliphatic carbocycles. The van der Waals surface area contributed by atoms with E-state index in [2.05, 4.69) is 27.3 Å². The van der Waals surface area contributed by atoms with Gasteiger partial charge < -0.3 is 10.1 Å². The second-order valence-electron chi connectivity index (χ2n) is 7.43. The Labute approximate surface area is 188 Å². The van der Waals surface area contributed by atoms with Crippen LogP contribution in [0.3, 0.4) is 0 Å². The van der Waals surface area contributed by atoms with Crippen LogP contribution in [0.4, 0.5) is 0 Å². The zero-order valence-electron chi connectivity index (χ0n) is 16.7. The van der Waals surface area contributed by atoms with E-state index in [-0.39, 0.29) is 5.91 Å². The van der Waals surface area contributed by atoms with Crippen molar-refractivity contribution in [3.05, 3.63) is 82.8 Å². The summed E-state index contributed by atoms with van der Waals surface area (Å²) in [4.78, 5) is 17.3. The summed E-state index contributed by atoms with van der Waals surface area (Å²) < 4.78 is 8.01. The number of carbonyl (C=O) groups is 1. The minimum Gasteiger partial charge on any atom is -0.478 e. The maximum Gasteiger partial charge on any atom is 0.263 e. The fraction of sp³-hybridized carbons (Fsp3) is 0.167. The molecule has 1 amide bonds. The number of ether oxygens (including phenoxy) is 1. The summed E-state index contributed by atoms with van der Waals surface area (Å²) in [6.07, 6.45) is 0. The lowest BCUT2D eigenvalue weighted by molar-refractivity contribution is -0.134.